The van der Waals surface area contributed by atoms with Gasteiger partial charge in [0, 0.05) is 5.02 Å². The fourth-order valence-corrected chi connectivity index (χ4v) is 3.60. The maximum atomic E-state index is 12.5. The molecule has 3 rings (SSSR count). The zero-order chi connectivity index (χ0) is 18.7. The molecule has 2 aromatic carbocycles. The maximum Gasteiger partial charge on any atom is 0.293 e. The van der Waals surface area contributed by atoms with Gasteiger partial charge in [0.1, 0.15) is 12.4 Å². The third-order valence-corrected chi connectivity index (χ3v) is 5.53. The van der Waals surface area contributed by atoms with Crippen LogP contribution in [-0.2, 0) is 4.79 Å². The summed E-state index contributed by atoms with van der Waals surface area (Å²) in [4.78, 5) is 26.0. The van der Waals surface area contributed by atoms with Crippen molar-refractivity contribution in [3.63, 3.8) is 0 Å². The van der Waals surface area contributed by atoms with Gasteiger partial charge >= 0.3 is 0 Å². The maximum absolute atomic E-state index is 12.5. The molecule has 1 fully saturated rings. The molecule has 1 heterocycles. The second-order valence-electron chi connectivity index (χ2n) is 5.28. The molecule has 0 aromatic heterocycles. The molecule has 0 spiro atoms. The first-order chi connectivity index (χ1) is 12.5. The van der Waals surface area contributed by atoms with Crippen molar-refractivity contribution in [2.75, 3.05) is 13.2 Å². The number of nitrogens with zero attached hydrogens (tertiary/aromatic N) is 1. The molecule has 8 heteroatoms. The van der Waals surface area contributed by atoms with Gasteiger partial charge in [0.15, 0.2) is 0 Å². The summed E-state index contributed by atoms with van der Waals surface area (Å²) in [5.41, 5.74) is 0.585. The van der Waals surface area contributed by atoms with E-state index in [1.54, 1.807) is 48.5 Å². The molecule has 134 valence electrons. The number of carbonyl (C=O) groups excluding carboxylic acids is 2. The van der Waals surface area contributed by atoms with Crippen LogP contribution in [0.1, 0.15) is 5.56 Å². The Labute approximate surface area is 169 Å². The number of imide groups is 1. The van der Waals surface area contributed by atoms with Gasteiger partial charge in [-0.15, -0.1) is 0 Å². The highest BCUT2D eigenvalue weighted by atomic mass is 35.5. The predicted molar refractivity (Wildman–Crippen MR) is 106 cm³/mol. The van der Waals surface area contributed by atoms with Crippen LogP contribution in [0.3, 0.4) is 0 Å². The summed E-state index contributed by atoms with van der Waals surface area (Å²) in [7, 11) is 0. The Morgan fingerprint density at radius 3 is 2.50 bits per heavy atom. The minimum Gasteiger partial charge on any atom is -0.492 e. The van der Waals surface area contributed by atoms with Crippen molar-refractivity contribution in [2.45, 2.75) is 0 Å². The minimum absolute atomic E-state index is 0.147. The highest BCUT2D eigenvalue weighted by Gasteiger charge is 2.34. The van der Waals surface area contributed by atoms with Crippen LogP contribution in [-0.4, -0.2) is 29.2 Å². The van der Waals surface area contributed by atoms with Crippen molar-refractivity contribution in [3.05, 3.63) is 68.0 Å². The summed E-state index contributed by atoms with van der Waals surface area (Å²) < 4.78 is 5.54. The van der Waals surface area contributed by atoms with E-state index in [9.17, 15) is 9.59 Å². The van der Waals surface area contributed by atoms with E-state index in [1.807, 2.05) is 0 Å². The van der Waals surface area contributed by atoms with Gasteiger partial charge in [-0.2, -0.15) is 0 Å². The number of halogens is 3. The van der Waals surface area contributed by atoms with Gasteiger partial charge in [-0.25, -0.2) is 0 Å². The van der Waals surface area contributed by atoms with Crippen molar-refractivity contribution in [1.29, 1.82) is 0 Å². The van der Waals surface area contributed by atoms with Crippen LogP contribution in [0, 0.1) is 0 Å². The molecule has 1 saturated heterocycles. The normalized spacial score (nSPS) is 15.8. The molecule has 0 N–H and O–H groups in total. The second kappa shape index (κ2) is 8.35. The van der Waals surface area contributed by atoms with Crippen LogP contribution in [0.25, 0.3) is 6.08 Å². The summed E-state index contributed by atoms with van der Waals surface area (Å²) in [5.74, 6) is 0.235. The fraction of sp³-hybridized carbons (Fsp3) is 0.111. The second-order valence-corrected chi connectivity index (χ2v) is 7.49. The topological polar surface area (TPSA) is 46.6 Å². The van der Waals surface area contributed by atoms with E-state index in [4.69, 9.17) is 39.5 Å². The number of thioether (sulfide) groups is 1. The van der Waals surface area contributed by atoms with Crippen LogP contribution < -0.4 is 4.74 Å². The predicted octanol–water partition coefficient (Wildman–Crippen LogP) is 5.76. The zero-order valence-electron chi connectivity index (χ0n) is 13.2. The summed E-state index contributed by atoms with van der Waals surface area (Å²) >= 11 is 18.8. The number of benzene rings is 2. The van der Waals surface area contributed by atoms with Crippen LogP contribution in [0.2, 0.25) is 15.1 Å². The van der Waals surface area contributed by atoms with Gasteiger partial charge in [0.25, 0.3) is 11.1 Å². The van der Waals surface area contributed by atoms with Gasteiger partial charge in [-0.1, -0.05) is 46.9 Å². The molecule has 1 aliphatic heterocycles. The van der Waals surface area contributed by atoms with Crippen LogP contribution >= 0.6 is 46.6 Å². The van der Waals surface area contributed by atoms with Crippen LogP contribution in [0.5, 0.6) is 5.75 Å². The SMILES string of the molecule is O=C1S/C(=C\c2cccc(Cl)c2Cl)C(=O)N1CCOc1ccc(Cl)cc1. The summed E-state index contributed by atoms with van der Waals surface area (Å²) in [6.07, 6.45) is 1.57. The molecule has 0 radical (unpaired) electrons. The Hall–Kier alpha value is -1.66. The van der Waals surface area contributed by atoms with Gasteiger partial charge in [-0.05, 0) is 53.7 Å². The van der Waals surface area contributed by atoms with Crippen molar-refractivity contribution in [3.8, 4) is 5.75 Å². The van der Waals surface area contributed by atoms with Crippen LogP contribution in [0.15, 0.2) is 47.4 Å². The smallest absolute Gasteiger partial charge is 0.293 e. The third-order valence-electron chi connectivity index (χ3n) is 3.54. The van der Waals surface area contributed by atoms with Crippen molar-refractivity contribution < 1.29 is 14.3 Å². The molecule has 0 aliphatic carbocycles. The number of carbonyl (C=O) groups is 2. The molecule has 0 saturated carbocycles. The Morgan fingerprint density at radius 1 is 1.04 bits per heavy atom. The average Bonchev–Trinajstić information content (AvgIpc) is 2.88. The summed E-state index contributed by atoms with van der Waals surface area (Å²) in [6.45, 7) is 0.332. The fourth-order valence-electron chi connectivity index (χ4n) is 2.25. The summed E-state index contributed by atoms with van der Waals surface area (Å²) in [5, 5.41) is 0.982. The number of rotatable bonds is 5. The zero-order valence-corrected chi connectivity index (χ0v) is 16.3. The van der Waals surface area contributed by atoms with E-state index in [2.05, 4.69) is 0 Å². The van der Waals surface area contributed by atoms with E-state index in [1.165, 1.54) is 0 Å². The molecule has 2 aromatic rings. The molecule has 2 amide bonds. The Kier molecular flexibility index (Phi) is 6.14. The van der Waals surface area contributed by atoms with Crippen molar-refractivity contribution in [2.24, 2.45) is 0 Å². The lowest BCUT2D eigenvalue weighted by Gasteiger charge is -2.13. The minimum atomic E-state index is -0.379. The van der Waals surface area contributed by atoms with Crippen molar-refractivity contribution in [1.82, 2.24) is 4.90 Å². The Morgan fingerprint density at radius 2 is 1.77 bits per heavy atom. The molecule has 4 nitrogen and oxygen atoms in total. The third kappa shape index (κ3) is 4.35. The van der Waals surface area contributed by atoms with Gasteiger partial charge in [0.05, 0.1) is 21.5 Å². The lowest BCUT2D eigenvalue weighted by molar-refractivity contribution is -0.123. The largest absolute Gasteiger partial charge is 0.492 e. The van der Waals surface area contributed by atoms with Gasteiger partial charge in [-0.3, -0.25) is 14.5 Å². The molecule has 1 aliphatic rings. The molecule has 26 heavy (non-hydrogen) atoms. The van der Waals surface area contributed by atoms with E-state index in [0.29, 0.717) is 31.3 Å². The lowest BCUT2D eigenvalue weighted by atomic mass is 10.2. The Balaban J connectivity index is 1.66. The van der Waals surface area contributed by atoms with Crippen molar-refractivity contribution >= 4 is 63.8 Å². The number of hydrogen-bond acceptors (Lipinski definition) is 4. The first-order valence-electron chi connectivity index (χ1n) is 7.53. The van der Waals surface area contributed by atoms with Gasteiger partial charge < -0.3 is 4.74 Å². The number of hydrogen-bond donors (Lipinski definition) is 0. The lowest BCUT2D eigenvalue weighted by Crippen LogP contribution is -2.32. The average molecular weight is 429 g/mol. The van der Waals surface area contributed by atoms with Crippen LogP contribution in [0.4, 0.5) is 4.79 Å². The van der Waals surface area contributed by atoms with E-state index < -0.39 is 0 Å². The Bertz CT molecular complexity index is 884. The molecular weight excluding hydrogens is 417 g/mol. The number of amides is 2. The standard InChI is InChI=1S/C18H12Cl3NO3S/c19-12-4-6-13(7-5-12)25-9-8-22-17(23)15(26-18(22)24)10-11-2-1-3-14(20)16(11)21/h1-7,10H,8-9H2/b15-10-. The monoisotopic (exact) mass is 427 g/mol. The molecule has 0 bridgehead atoms. The first kappa shape index (κ1) is 19.1. The van der Waals surface area contributed by atoms with Gasteiger partial charge in [0.2, 0.25) is 0 Å². The highest BCUT2D eigenvalue weighted by Crippen LogP contribution is 2.34. The quantitative estimate of drug-likeness (QED) is 0.568. The van der Waals surface area contributed by atoms with E-state index >= 15 is 0 Å². The van der Waals surface area contributed by atoms with E-state index in [-0.39, 0.29) is 24.3 Å². The molecule has 0 unspecified atom stereocenters. The van der Waals surface area contributed by atoms with E-state index in [0.717, 1.165) is 16.7 Å². The number of ether oxygens (including phenoxy) is 1. The first-order valence-corrected chi connectivity index (χ1v) is 9.48. The summed E-state index contributed by atoms with van der Waals surface area (Å²) in [6, 6.07) is 12.0. The molecular formula is C18H12Cl3NO3S. The molecule has 0 atom stereocenters. The highest BCUT2D eigenvalue weighted by molar-refractivity contribution is 8.18.